The summed E-state index contributed by atoms with van der Waals surface area (Å²) in [5.74, 6) is 1.17. The SMILES string of the molecule is COc1ccc(C[C@H](C)CN)cn1. The lowest BCUT2D eigenvalue weighted by Crippen LogP contribution is -2.13. The Morgan fingerprint density at radius 3 is 2.77 bits per heavy atom. The first-order valence-electron chi connectivity index (χ1n) is 4.45. The zero-order valence-corrected chi connectivity index (χ0v) is 8.16. The fourth-order valence-corrected chi connectivity index (χ4v) is 1.14. The fourth-order valence-electron chi connectivity index (χ4n) is 1.14. The van der Waals surface area contributed by atoms with Crippen molar-refractivity contribution in [3.05, 3.63) is 23.9 Å². The minimum absolute atomic E-state index is 0.509. The van der Waals surface area contributed by atoms with Gasteiger partial charge in [-0.2, -0.15) is 0 Å². The number of ether oxygens (including phenoxy) is 1. The first-order valence-corrected chi connectivity index (χ1v) is 4.45. The van der Waals surface area contributed by atoms with Gasteiger partial charge >= 0.3 is 0 Å². The molecule has 3 heteroatoms. The molecule has 3 nitrogen and oxygen atoms in total. The van der Waals surface area contributed by atoms with Gasteiger partial charge < -0.3 is 10.5 Å². The van der Waals surface area contributed by atoms with E-state index in [2.05, 4.69) is 11.9 Å². The minimum Gasteiger partial charge on any atom is -0.481 e. The van der Waals surface area contributed by atoms with E-state index >= 15 is 0 Å². The summed E-state index contributed by atoms with van der Waals surface area (Å²) in [5, 5.41) is 0. The summed E-state index contributed by atoms with van der Waals surface area (Å²) in [7, 11) is 1.62. The van der Waals surface area contributed by atoms with Gasteiger partial charge in [0.1, 0.15) is 0 Å². The van der Waals surface area contributed by atoms with Crippen molar-refractivity contribution in [1.82, 2.24) is 4.98 Å². The van der Waals surface area contributed by atoms with Gasteiger partial charge in [0, 0.05) is 12.3 Å². The molecule has 1 atom stereocenters. The standard InChI is InChI=1S/C10H16N2O/c1-8(6-11)5-9-3-4-10(13-2)12-7-9/h3-4,7-8H,5-6,11H2,1-2H3/t8-/m0/s1. The van der Waals surface area contributed by atoms with Gasteiger partial charge in [-0.15, -0.1) is 0 Å². The summed E-state index contributed by atoms with van der Waals surface area (Å²) in [4.78, 5) is 4.12. The first-order chi connectivity index (χ1) is 6.26. The second kappa shape index (κ2) is 4.82. The topological polar surface area (TPSA) is 48.1 Å². The number of nitrogens with two attached hydrogens (primary N) is 1. The molecule has 0 radical (unpaired) electrons. The minimum atomic E-state index is 0.509. The molecule has 1 aromatic rings. The van der Waals surface area contributed by atoms with E-state index in [-0.39, 0.29) is 0 Å². The van der Waals surface area contributed by atoms with Crippen molar-refractivity contribution in [2.45, 2.75) is 13.3 Å². The summed E-state index contributed by atoms with van der Waals surface area (Å²) < 4.78 is 4.96. The second-order valence-electron chi connectivity index (χ2n) is 3.25. The van der Waals surface area contributed by atoms with Crippen LogP contribution in [0, 0.1) is 5.92 Å². The van der Waals surface area contributed by atoms with E-state index in [1.807, 2.05) is 18.3 Å². The predicted octanol–water partition coefficient (Wildman–Crippen LogP) is 1.23. The molecular formula is C10H16N2O. The molecule has 0 aliphatic rings. The van der Waals surface area contributed by atoms with E-state index in [0.29, 0.717) is 18.3 Å². The molecule has 0 bridgehead atoms. The summed E-state index contributed by atoms with van der Waals surface area (Å²) in [5.41, 5.74) is 6.74. The maximum Gasteiger partial charge on any atom is 0.212 e. The van der Waals surface area contributed by atoms with Gasteiger partial charge in [-0.1, -0.05) is 13.0 Å². The van der Waals surface area contributed by atoms with Gasteiger partial charge in [0.2, 0.25) is 5.88 Å². The number of pyridine rings is 1. The average molecular weight is 180 g/mol. The van der Waals surface area contributed by atoms with E-state index in [9.17, 15) is 0 Å². The molecule has 1 heterocycles. The summed E-state index contributed by atoms with van der Waals surface area (Å²) in [6, 6.07) is 3.90. The van der Waals surface area contributed by atoms with Gasteiger partial charge in [0.25, 0.3) is 0 Å². The normalized spacial score (nSPS) is 12.5. The molecule has 0 unspecified atom stereocenters. The van der Waals surface area contributed by atoms with Crippen LogP contribution in [0.25, 0.3) is 0 Å². The van der Waals surface area contributed by atoms with Gasteiger partial charge in [-0.3, -0.25) is 0 Å². The molecule has 0 saturated carbocycles. The highest BCUT2D eigenvalue weighted by Crippen LogP contribution is 2.10. The molecule has 72 valence electrons. The Hall–Kier alpha value is -1.09. The summed E-state index contributed by atoms with van der Waals surface area (Å²) in [6.07, 6.45) is 2.82. The van der Waals surface area contributed by atoms with Gasteiger partial charge in [0.05, 0.1) is 7.11 Å². The van der Waals surface area contributed by atoms with Crippen molar-refractivity contribution in [3.63, 3.8) is 0 Å². The van der Waals surface area contributed by atoms with Crippen molar-refractivity contribution in [2.75, 3.05) is 13.7 Å². The van der Waals surface area contributed by atoms with Crippen molar-refractivity contribution in [3.8, 4) is 5.88 Å². The Balaban J connectivity index is 2.58. The molecule has 0 fully saturated rings. The van der Waals surface area contributed by atoms with Crippen LogP contribution >= 0.6 is 0 Å². The lowest BCUT2D eigenvalue weighted by Gasteiger charge is -2.07. The second-order valence-corrected chi connectivity index (χ2v) is 3.25. The molecule has 13 heavy (non-hydrogen) atoms. The van der Waals surface area contributed by atoms with Crippen LogP contribution < -0.4 is 10.5 Å². The molecule has 1 aromatic heterocycles. The van der Waals surface area contributed by atoms with Crippen LogP contribution in [0.5, 0.6) is 5.88 Å². The molecular weight excluding hydrogens is 164 g/mol. The Morgan fingerprint density at radius 1 is 1.54 bits per heavy atom. The zero-order valence-electron chi connectivity index (χ0n) is 8.16. The maximum absolute atomic E-state index is 5.53. The average Bonchev–Trinajstić information content (AvgIpc) is 2.19. The molecule has 0 aliphatic carbocycles. The largest absolute Gasteiger partial charge is 0.481 e. The Kier molecular flexibility index (Phi) is 3.71. The van der Waals surface area contributed by atoms with Gasteiger partial charge in [-0.05, 0) is 24.4 Å². The van der Waals surface area contributed by atoms with Crippen molar-refractivity contribution >= 4 is 0 Å². The smallest absolute Gasteiger partial charge is 0.212 e. The van der Waals surface area contributed by atoms with Crippen LogP contribution in [0.1, 0.15) is 12.5 Å². The monoisotopic (exact) mass is 180 g/mol. The van der Waals surface area contributed by atoms with Crippen molar-refractivity contribution < 1.29 is 4.74 Å². The molecule has 1 rings (SSSR count). The molecule has 2 N–H and O–H groups in total. The first kappa shape index (κ1) is 9.99. The highest BCUT2D eigenvalue weighted by Gasteiger charge is 2.01. The van der Waals surface area contributed by atoms with Crippen LogP contribution in [0.15, 0.2) is 18.3 Å². The Labute approximate surface area is 78.9 Å². The molecule has 0 saturated heterocycles. The number of hydrogen-bond acceptors (Lipinski definition) is 3. The lowest BCUT2D eigenvalue weighted by atomic mass is 10.0. The van der Waals surface area contributed by atoms with Gasteiger partial charge in [0.15, 0.2) is 0 Å². The van der Waals surface area contributed by atoms with Crippen molar-refractivity contribution in [1.29, 1.82) is 0 Å². The Morgan fingerprint density at radius 2 is 2.31 bits per heavy atom. The highest BCUT2D eigenvalue weighted by molar-refractivity contribution is 5.18. The number of hydrogen-bond donors (Lipinski definition) is 1. The van der Waals surface area contributed by atoms with Crippen LogP contribution in [-0.2, 0) is 6.42 Å². The van der Waals surface area contributed by atoms with E-state index in [0.717, 1.165) is 6.42 Å². The Bertz CT molecular complexity index is 246. The fraction of sp³-hybridized carbons (Fsp3) is 0.500. The maximum atomic E-state index is 5.53. The number of methoxy groups -OCH3 is 1. The predicted molar refractivity (Wildman–Crippen MR) is 52.7 cm³/mol. The molecule has 0 spiro atoms. The van der Waals surface area contributed by atoms with E-state index in [4.69, 9.17) is 10.5 Å². The molecule has 0 amide bonds. The van der Waals surface area contributed by atoms with Crippen LogP contribution in [0.3, 0.4) is 0 Å². The van der Waals surface area contributed by atoms with Gasteiger partial charge in [-0.25, -0.2) is 4.98 Å². The lowest BCUT2D eigenvalue weighted by molar-refractivity contribution is 0.397. The third kappa shape index (κ3) is 3.03. The van der Waals surface area contributed by atoms with Crippen LogP contribution in [0.2, 0.25) is 0 Å². The highest BCUT2D eigenvalue weighted by atomic mass is 16.5. The molecule has 0 aliphatic heterocycles. The third-order valence-electron chi connectivity index (χ3n) is 1.99. The quantitative estimate of drug-likeness (QED) is 0.758. The van der Waals surface area contributed by atoms with E-state index in [1.165, 1.54) is 5.56 Å². The third-order valence-corrected chi connectivity index (χ3v) is 1.99. The van der Waals surface area contributed by atoms with Crippen LogP contribution in [-0.4, -0.2) is 18.6 Å². The van der Waals surface area contributed by atoms with E-state index in [1.54, 1.807) is 7.11 Å². The van der Waals surface area contributed by atoms with Crippen molar-refractivity contribution in [2.24, 2.45) is 11.7 Å². The molecule has 0 aromatic carbocycles. The van der Waals surface area contributed by atoms with E-state index < -0.39 is 0 Å². The summed E-state index contributed by atoms with van der Waals surface area (Å²) >= 11 is 0. The number of rotatable bonds is 4. The number of nitrogens with zero attached hydrogens (tertiary/aromatic N) is 1. The van der Waals surface area contributed by atoms with Crippen LogP contribution in [0.4, 0.5) is 0 Å². The summed E-state index contributed by atoms with van der Waals surface area (Å²) in [6.45, 7) is 2.84. The number of aromatic nitrogens is 1. The zero-order chi connectivity index (χ0) is 9.68.